The molecular weight excluding hydrogens is 460 g/mol. The van der Waals surface area contributed by atoms with E-state index in [9.17, 15) is 20.1 Å². The van der Waals surface area contributed by atoms with Gasteiger partial charge in [0.2, 0.25) is 0 Å². The molecule has 1 aliphatic rings. The summed E-state index contributed by atoms with van der Waals surface area (Å²) in [6.07, 6.45) is 1.43. The molecule has 1 aliphatic heterocycles. The minimum absolute atomic E-state index is 0.0506. The third-order valence-electron chi connectivity index (χ3n) is 6.94. The molecule has 0 saturated carbocycles. The molecule has 2 aromatic carbocycles. The van der Waals surface area contributed by atoms with Gasteiger partial charge in [0, 0.05) is 16.7 Å². The Morgan fingerprint density at radius 3 is 2.17 bits per heavy atom. The summed E-state index contributed by atoms with van der Waals surface area (Å²) in [7, 11) is 0. The number of aromatic hydroxyl groups is 1. The van der Waals surface area contributed by atoms with Crippen LogP contribution in [0.3, 0.4) is 0 Å². The van der Waals surface area contributed by atoms with Crippen LogP contribution in [0.4, 0.5) is 0 Å². The Morgan fingerprint density at radius 1 is 1.03 bits per heavy atom. The van der Waals surface area contributed by atoms with Gasteiger partial charge < -0.3 is 20.1 Å². The predicted octanol–water partition coefficient (Wildman–Crippen LogP) is 6.72. The molecule has 1 heterocycles. The van der Waals surface area contributed by atoms with E-state index in [0.717, 1.165) is 27.1 Å². The normalized spacial score (nSPS) is 19.1. The molecular formula is C29H38O5S. The van der Waals surface area contributed by atoms with Gasteiger partial charge in [0.15, 0.2) is 0 Å². The lowest BCUT2D eigenvalue weighted by Crippen LogP contribution is -2.50. The molecule has 0 saturated heterocycles. The zero-order valence-electron chi connectivity index (χ0n) is 21.9. The number of aliphatic hydroxyl groups is 2. The van der Waals surface area contributed by atoms with Crippen molar-refractivity contribution in [2.75, 3.05) is 0 Å². The predicted molar refractivity (Wildman–Crippen MR) is 141 cm³/mol. The van der Waals surface area contributed by atoms with Gasteiger partial charge in [-0.1, -0.05) is 71.5 Å². The molecule has 6 heteroatoms. The lowest BCUT2D eigenvalue weighted by atomic mass is 9.70. The maximum Gasteiger partial charge on any atom is 0.349 e. The van der Waals surface area contributed by atoms with E-state index in [0.29, 0.717) is 12.8 Å². The highest BCUT2D eigenvalue weighted by Crippen LogP contribution is 2.49. The summed E-state index contributed by atoms with van der Waals surface area (Å²) in [6.45, 7) is 14.2. The lowest BCUT2D eigenvalue weighted by Gasteiger charge is -2.46. The highest BCUT2D eigenvalue weighted by molar-refractivity contribution is 8.04. The number of aryl methyl sites for hydroxylation is 2. The van der Waals surface area contributed by atoms with Crippen LogP contribution in [0.2, 0.25) is 0 Å². The number of hydrogen-bond acceptors (Lipinski definition) is 6. The standard InChI is InChI=1S/C29H38O5S/c1-18-14-24(22(27(2,3)4)15-20(18)17-30)35-25-23(32)16-29(28(5,6)7,34-26(25)33)13-12-19-8-10-21(31)11-9-19/h8-11,14-15,30-32H,12-13,16-17H2,1-7H3. The smallest absolute Gasteiger partial charge is 0.349 e. The largest absolute Gasteiger partial charge is 0.511 e. The van der Waals surface area contributed by atoms with Crippen molar-refractivity contribution in [1.82, 2.24) is 0 Å². The van der Waals surface area contributed by atoms with Crippen LogP contribution >= 0.6 is 11.8 Å². The molecule has 0 bridgehead atoms. The summed E-state index contributed by atoms with van der Waals surface area (Å²) in [4.78, 5) is 14.5. The SMILES string of the molecule is Cc1cc(SC2=C(O)CC(CCc3ccc(O)cc3)(C(C)(C)C)OC2=O)c(C(C)(C)C)cc1CO. The zero-order valence-corrected chi connectivity index (χ0v) is 22.7. The van der Waals surface area contributed by atoms with E-state index in [1.165, 1.54) is 11.8 Å². The number of rotatable bonds is 6. The molecule has 190 valence electrons. The third kappa shape index (κ3) is 5.87. The van der Waals surface area contributed by atoms with Crippen LogP contribution in [0.15, 0.2) is 52.0 Å². The molecule has 1 unspecified atom stereocenters. The highest BCUT2D eigenvalue weighted by Gasteiger charge is 2.50. The van der Waals surface area contributed by atoms with Gasteiger partial charge in [-0.3, -0.25) is 0 Å². The van der Waals surface area contributed by atoms with Gasteiger partial charge in [-0.05, 0) is 65.6 Å². The Morgan fingerprint density at radius 2 is 1.66 bits per heavy atom. The Kier molecular flexibility index (Phi) is 7.68. The minimum atomic E-state index is -0.861. The van der Waals surface area contributed by atoms with Crippen molar-refractivity contribution in [2.45, 2.75) is 90.2 Å². The number of phenols is 1. The first-order chi connectivity index (χ1) is 16.2. The van der Waals surface area contributed by atoms with Gasteiger partial charge in [-0.2, -0.15) is 0 Å². The first kappa shape index (κ1) is 27.2. The molecule has 3 N–H and O–H groups in total. The molecule has 0 aromatic heterocycles. The van der Waals surface area contributed by atoms with E-state index in [4.69, 9.17) is 4.74 Å². The van der Waals surface area contributed by atoms with Gasteiger partial charge in [0.05, 0.1) is 6.61 Å². The van der Waals surface area contributed by atoms with Gasteiger partial charge >= 0.3 is 5.97 Å². The quantitative estimate of drug-likeness (QED) is 0.383. The number of carbonyl (C=O) groups is 1. The molecule has 3 rings (SSSR count). The van der Waals surface area contributed by atoms with Gasteiger partial charge in [0.25, 0.3) is 0 Å². The Balaban J connectivity index is 1.95. The van der Waals surface area contributed by atoms with E-state index in [1.54, 1.807) is 12.1 Å². The van der Waals surface area contributed by atoms with E-state index in [2.05, 4.69) is 20.8 Å². The second-order valence-electron chi connectivity index (χ2n) is 11.5. The summed E-state index contributed by atoms with van der Waals surface area (Å²) in [5, 5.41) is 30.5. The van der Waals surface area contributed by atoms with Gasteiger partial charge in [0.1, 0.15) is 22.0 Å². The fourth-order valence-electron chi connectivity index (χ4n) is 4.45. The van der Waals surface area contributed by atoms with E-state index in [-0.39, 0.29) is 34.9 Å². The van der Waals surface area contributed by atoms with Crippen LogP contribution < -0.4 is 0 Å². The van der Waals surface area contributed by atoms with Crippen molar-refractivity contribution < 1.29 is 24.9 Å². The van der Waals surface area contributed by atoms with Gasteiger partial charge in [-0.15, -0.1) is 0 Å². The number of ether oxygens (including phenoxy) is 1. The van der Waals surface area contributed by atoms with Crippen LogP contribution in [0, 0.1) is 12.3 Å². The van der Waals surface area contributed by atoms with Crippen molar-refractivity contribution in [1.29, 1.82) is 0 Å². The zero-order chi connectivity index (χ0) is 26.2. The molecule has 0 fully saturated rings. The third-order valence-corrected chi connectivity index (χ3v) is 8.10. The second-order valence-corrected chi connectivity index (χ2v) is 12.6. The Labute approximate surface area is 213 Å². The van der Waals surface area contributed by atoms with Crippen molar-refractivity contribution in [3.63, 3.8) is 0 Å². The average molecular weight is 499 g/mol. The van der Waals surface area contributed by atoms with Crippen LogP contribution in [0.1, 0.15) is 76.6 Å². The number of thioether (sulfide) groups is 1. The molecule has 0 aliphatic carbocycles. The van der Waals surface area contributed by atoms with E-state index < -0.39 is 17.0 Å². The van der Waals surface area contributed by atoms with Crippen LogP contribution in [0.5, 0.6) is 5.75 Å². The number of hydrogen-bond donors (Lipinski definition) is 3. The lowest BCUT2D eigenvalue weighted by molar-refractivity contribution is -0.174. The van der Waals surface area contributed by atoms with Crippen molar-refractivity contribution >= 4 is 17.7 Å². The molecule has 1 atom stereocenters. The number of phenolic OH excluding ortho intramolecular Hbond substituents is 1. The first-order valence-corrected chi connectivity index (χ1v) is 12.8. The molecule has 35 heavy (non-hydrogen) atoms. The Bertz CT molecular complexity index is 1120. The number of benzene rings is 2. The minimum Gasteiger partial charge on any atom is -0.511 e. The summed E-state index contributed by atoms with van der Waals surface area (Å²) < 4.78 is 6.17. The fraction of sp³-hybridized carbons (Fsp3) is 0.483. The van der Waals surface area contributed by atoms with Crippen molar-refractivity contribution in [2.24, 2.45) is 5.41 Å². The second kappa shape index (κ2) is 9.90. The molecule has 0 amide bonds. The van der Waals surface area contributed by atoms with Crippen LogP contribution in [-0.2, 0) is 28.0 Å². The number of aliphatic hydroxyl groups excluding tert-OH is 2. The van der Waals surface area contributed by atoms with Crippen molar-refractivity contribution in [3.8, 4) is 5.75 Å². The van der Waals surface area contributed by atoms with Gasteiger partial charge in [-0.25, -0.2) is 4.79 Å². The maximum absolute atomic E-state index is 13.4. The molecule has 2 aromatic rings. The fourth-order valence-corrected chi connectivity index (χ4v) is 5.69. The van der Waals surface area contributed by atoms with Crippen LogP contribution in [0.25, 0.3) is 0 Å². The summed E-state index contributed by atoms with van der Waals surface area (Å²) in [5.74, 6) is -0.249. The molecule has 0 spiro atoms. The van der Waals surface area contributed by atoms with Crippen molar-refractivity contribution in [3.05, 3.63) is 69.3 Å². The monoisotopic (exact) mass is 498 g/mol. The number of esters is 1. The summed E-state index contributed by atoms with van der Waals surface area (Å²) in [6, 6.07) is 11.0. The summed E-state index contributed by atoms with van der Waals surface area (Å²) in [5.41, 5.74) is 2.34. The number of carbonyl (C=O) groups excluding carboxylic acids is 1. The average Bonchev–Trinajstić information content (AvgIpc) is 2.74. The van der Waals surface area contributed by atoms with Crippen LogP contribution in [-0.4, -0.2) is 26.9 Å². The first-order valence-electron chi connectivity index (χ1n) is 12.0. The molecule has 0 radical (unpaired) electrons. The topological polar surface area (TPSA) is 87.0 Å². The Hall–Kier alpha value is -2.44. The highest BCUT2D eigenvalue weighted by atomic mass is 32.2. The summed E-state index contributed by atoms with van der Waals surface area (Å²) >= 11 is 1.24. The molecule has 5 nitrogen and oxygen atoms in total. The number of cyclic esters (lactones) is 1. The van der Waals surface area contributed by atoms with E-state index >= 15 is 0 Å². The van der Waals surface area contributed by atoms with E-state index in [1.807, 2.05) is 52.0 Å². The maximum atomic E-state index is 13.4.